The van der Waals surface area contributed by atoms with Crippen LogP contribution in [0.1, 0.15) is 19.2 Å². The Morgan fingerprint density at radius 3 is 2.54 bits per heavy atom. The summed E-state index contributed by atoms with van der Waals surface area (Å²) < 4.78 is 39.4. The van der Waals surface area contributed by atoms with Gasteiger partial charge in [-0.25, -0.2) is 13.6 Å². The lowest BCUT2D eigenvalue weighted by molar-refractivity contribution is 0.139. The van der Waals surface area contributed by atoms with E-state index >= 15 is 0 Å². The first-order valence-corrected chi connectivity index (χ1v) is 8.70. The van der Waals surface area contributed by atoms with Gasteiger partial charge in [0.05, 0.1) is 17.8 Å². The van der Waals surface area contributed by atoms with Gasteiger partial charge in [0.1, 0.15) is 23.4 Å². The van der Waals surface area contributed by atoms with Crippen molar-refractivity contribution >= 4 is 11.8 Å². The van der Waals surface area contributed by atoms with E-state index in [2.05, 4.69) is 15.1 Å². The van der Waals surface area contributed by atoms with Crippen molar-refractivity contribution in [3.05, 3.63) is 48.0 Å². The van der Waals surface area contributed by atoms with Gasteiger partial charge in [0.15, 0.2) is 0 Å². The van der Waals surface area contributed by atoms with Crippen molar-refractivity contribution in [2.24, 2.45) is 0 Å². The van der Waals surface area contributed by atoms with Gasteiger partial charge in [-0.05, 0) is 24.6 Å². The number of amides is 1. The molecule has 28 heavy (non-hydrogen) atoms. The van der Waals surface area contributed by atoms with Crippen molar-refractivity contribution < 1.29 is 22.8 Å². The van der Waals surface area contributed by atoms with Crippen LogP contribution in [0.3, 0.4) is 0 Å². The van der Waals surface area contributed by atoms with Crippen molar-refractivity contribution in [1.29, 1.82) is 0 Å². The number of pyridine rings is 1. The van der Waals surface area contributed by atoms with Crippen molar-refractivity contribution in [2.75, 3.05) is 11.4 Å². The second-order valence-corrected chi connectivity index (χ2v) is 6.38. The number of benzene rings is 1. The maximum atomic E-state index is 14.7. The largest absolute Gasteiger partial charge is 0.444 e. The summed E-state index contributed by atoms with van der Waals surface area (Å²) in [6, 6.07) is 5.31. The van der Waals surface area contributed by atoms with Crippen molar-refractivity contribution in [3.63, 3.8) is 0 Å². The molecule has 2 aromatic heterocycles. The standard InChI is InChI=1S/C19H16F2N4O3/c1-3-13-9-25(19(26)27-13)12-6-14(20)17(15(21)7-12)11-4-5-16(22-8-11)18-23-10(2)28-24-18/h4-8,13H,3,9H2,1-2H3/t13-/m0/s1. The summed E-state index contributed by atoms with van der Waals surface area (Å²) in [5.41, 5.74) is 0.558. The highest BCUT2D eigenvalue weighted by atomic mass is 19.1. The van der Waals surface area contributed by atoms with Crippen LogP contribution in [0.5, 0.6) is 0 Å². The number of hydrogen-bond donors (Lipinski definition) is 0. The molecule has 1 aliphatic rings. The van der Waals surface area contributed by atoms with Crippen LogP contribution in [-0.2, 0) is 4.74 Å². The highest BCUT2D eigenvalue weighted by Crippen LogP contribution is 2.32. The lowest BCUT2D eigenvalue weighted by atomic mass is 10.0. The summed E-state index contributed by atoms with van der Waals surface area (Å²) in [5, 5.41) is 3.75. The zero-order valence-corrected chi connectivity index (χ0v) is 15.1. The first kappa shape index (κ1) is 18.0. The molecule has 1 atom stereocenters. The molecule has 9 heteroatoms. The van der Waals surface area contributed by atoms with Crippen LogP contribution in [0, 0.1) is 18.6 Å². The Bertz CT molecular complexity index is 1010. The number of rotatable bonds is 4. The van der Waals surface area contributed by atoms with Gasteiger partial charge >= 0.3 is 6.09 Å². The predicted molar refractivity (Wildman–Crippen MR) is 95.5 cm³/mol. The van der Waals surface area contributed by atoms with Crippen molar-refractivity contribution in [1.82, 2.24) is 15.1 Å². The minimum absolute atomic E-state index is 0.117. The fourth-order valence-electron chi connectivity index (χ4n) is 3.01. The third-order valence-corrected chi connectivity index (χ3v) is 4.48. The zero-order chi connectivity index (χ0) is 19.8. The van der Waals surface area contributed by atoms with Crippen molar-refractivity contribution in [3.8, 4) is 22.6 Å². The first-order chi connectivity index (χ1) is 13.5. The topological polar surface area (TPSA) is 81.4 Å². The normalized spacial score (nSPS) is 16.5. The van der Waals surface area contributed by atoms with Gasteiger partial charge in [0.25, 0.3) is 0 Å². The van der Waals surface area contributed by atoms with Gasteiger partial charge in [-0.3, -0.25) is 9.88 Å². The van der Waals surface area contributed by atoms with Crippen molar-refractivity contribution in [2.45, 2.75) is 26.4 Å². The summed E-state index contributed by atoms with van der Waals surface area (Å²) in [5.74, 6) is -0.918. The van der Waals surface area contributed by atoms with E-state index in [0.29, 0.717) is 23.8 Å². The lowest BCUT2D eigenvalue weighted by Crippen LogP contribution is -2.24. The van der Waals surface area contributed by atoms with E-state index in [-0.39, 0.29) is 29.5 Å². The SMILES string of the molecule is CC[C@H]1CN(c2cc(F)c(-c3ccc(-c4noc(C)n4)nc3)c(F)c2)C(=O)O1. The number of nitrogens with zero attached hydrogens (tertiary/aromatic N) is 4. The fourth-order valence-corrected chi connectivity index (χ4v) is 3.01. The van der Waals surface area contributed by atoms with Gasteiger partial charge < -0.3 is 9.26 Å². The molecule has 3 heterocycles. The monoisotopic (exact) mass is 386 g/mol. The molecule has 144 valence electrons. The molecule has 1 fully saturated rings. The van der Waals surface area contributed by atoms with Gasteiger partial charge in [0.2, 0.25) is 11.7 Å². The number of aromatic nitrogens is 3. The Morgan fingerprint density at radius 1 is 1.25 bits per heavy atom. The number of anilines is 1. The highest BCUT2D eigenvalue weighted by Gasteiger charge is 2.32. The summed E-state index contributed by atoms with van der Waals surface area (Å²) >= 11 is 0. The average molecular weight is 386 g/mol. The molecular weight excluding hydrogens is 370 g/mol. The Labute approximate surface area is 159 Å². The van der Waals surface area contributed by atoms with Gasteiger partial charge in [-0.2, -0.15) is 4.98 Å². The minimum Gasteiger partial charge on any atom is -0.444 e. The number of halogens is 2. The van der Waals surface area contributed by atoms with E-state index < -0.39 is 17.7 Å². The van der Waals surface area contributed by atoms with Crippen LogP contribution in [-0.4, -0.2) is 33.9 Å². The molecule has 0 N–H and O–H groups in total. The number of carbonyl (C=O) groups is 1. The van der Waals surface area contributed by atoms with E-state index in [9.17, 15) is 13.6 Å². The second kappa shape index (κ2) is 6.99. The smallest absolute Gasteiger partial charge is 0.414 e. The van der Waals surface area contributed by atoms with Crippen LogP contribution in [0.15, 0.2) is 35.0 Å². The lowest BCUT2D eigenvalue weighted by Gasteiger charge is -2.15. The molecule has 0 spiro atoms. The van der Waals surface area contributed by atoms with Crippen LogP contribution >= 0.6 is 0 Å². The molecule has 1 amide bonds. The molecule has 0 aliphatic carbocycles. The average Bonchev–Trinajstić information content (AvgIpc) is 3.27. The molecule has 3 aromatic rings. The van der Waals surface area contributed by atoms with Gasteiger partial charge in [-0.15, -0.1) is 0 Å². The Balaban J connectivity index is 1.64. The minimum atomic E-state index is -0.798. The van der Waals surface area contributed by atoms with E-state index in [0.717, 1.165) is 12.1 Å². The predicted octanol–water partition coefficient (Wildman–Crippen LogP) is 4.12. The van der Waals surface area contributed by atoms with E-state index in [1.165, 1.54) is 17.2 Å². The molecule has 7 nitrogen and oxygen atoms in total. The number of aryl methyl sites for hydroxylation is 1. The molecule has 0 saturated carbocycles. The molecule has 1 aliphatic heterocycles. The van der Waals surface area contributed by atoms with Gasteiger partial charge in [-0.1, -0.05) is 18.1 Å². The Morgan fingerprint density at radius 2 is 2.00 bits per heavy atom. The number of carbonyl (C=O) groups excluding carboxylic acids is 1. The van der Waals surface area contributed by atoms with E-state index in [1.807, 2.05) is 6.92 Å². The maximum absolute atomic E-state index is 14.7. The summed E-state index contributed by atoms with van der Waals surface area (Å²) in [6.45, 7) is 3.78. The van der Waals surface area contributed by atoms with Crippen LogP contribution in [0.2, 0.25) is 0 Å². The highest BCUT2D eigenvalue weighted by molar-refractivity contribution is 5.90. The van der Waals surface area contributed by atoms with E-state index in [1.54, 1.807) is 13.0 Å². The molecule has 4 rings (SSSR count). The second-order valence-electron chi connectivity index (χ2n) is 6.38. The molecular formula is C19H16F2N4O3. The molecule has 0 bridgehead atoms. The molecule has 1 saturated heterocycles. The first-order valence-electron chi connectivity index (χ1n) is 8.70. The maximum Gasteiger partial charge on any atom is 0.414 e. The summed E-state index contributed by atoms with van der Waals surface area (Å²) in [6.07, 6.45) is 1.06. The van der Waals surface area contributed by atoms with Crippen LogP contribution < -0.4 is 4.90 Å². The fraction of sp³-hybridized carbons (Fsp3) is 0.263. The molecule has 0 unspecified atom stereocenters. The Hall–Kier alpha value is -3.36. The van der Waals surface area contributed by atoms with Crippen LogP contribution in [0.25, 0.3) is 22.6 Å². The number of cyclic esters (lactones) is 1. The number of ether oxygens (including phenoxy) is 1. The third kappa shape index (κ3) is 3.19. The van der Waals surface area contributed by atoms with Gasteiger partial charge in [0, 0.05) is 18.7 Å². The van der Waals surface area contributed by atoms with E-state index in [4.69, 9.17) is 9.26 Å². The summed E-state index contributed by atoms with van der Waals surface area (Å²) in [7, 11) is 0. The third-order valence-electron chi connectivity index (χ3n) is 4.48. The quantitative estimate of drug-likeness (QED) is 0.671. The molecule has 0 radical (unpaired) electrons. The zero-order valence-electron chi connectivity index (χ0n) is 15.1. The Kier molecular flexibility index (Phi) is 4.50. The molecule has 1 aromatic carbocycles. The number of hydrogen-bond acceptors (Lipinski definition) is 6. The van der Waals surface area contributed by atoms with Crippen LogP contribution in [0.4, 0.5) is 19.3 Å². The summed E-state index contributed by atoms with van der Waals surface area (Å²) in [4.78, 5) is 21.4.